The van der Waals surface area contributed by atoms with Crippen molar-refractivity contribution in [2.75, 3.05) is 0 Å². The number of rotatable bonds is 6. The highest BCUT2D eigenvalue weighted by Gasteiger charge is 2.10. The van der Waals surface area contributed by atoms with Gasteiger partial charge in [-0.3, -0.25) is 4.79 Å². The molecule has 134 valence electrons. The highest BCUT2D eigenvalue weighted by atomic mass is 16.7. The summed E-state index contributed by atoms with van der Waals surface area (Å²) in [5.74, 6) is 0.512. The number of carbonyl (C=O) groups excluding carboxylic acids is 1. The minimum Gasteiger partial charge on any atom is -0.450 e. The van der Waals surface area contributed by atoms with Gasteiger partial charge >= 0.3 is 6.16 Å². The fraction of sp³-hybridized carbons (Fsp3) is 0.333. The molecule has 0 aliphatic heterocycles. The first-order chi connectivity index (χ1) is 11.9. The molecule has 1 atom stereocenters. The van der Waals surface area contributed by atoms with E-state index in [-0.39, 0.29) is 17.8 Å². The average Bonchev–Trinajstić information content (AvgIpc) is 2.56. The molecule has 0 amide bonds. The summed E-state index contributed by atoms with van der Waals surface area (Å²) in [6.07, 6.45) is -0.357. The Bertz CT molecular complexity index is 592. The Morgan fingerprint density at radius 1 is 0.840 bits per heavy atom. The molecule has 1 unspecified atom stereocenters. The monoisotopic (exact) mass is 342 g/mol. The van der Waals surface area contributed by atoms with Crippen LogP contribution in [-0.2, 0) is 22.4 Å². The number of carboxylic acid groups (broad SMARTS) is 1. The van der Waals surface area contributed by atoms with E-state index in [1.807, 2.05) is 74.5 Å². The smallest absolute Gasteiger partial charge is 0.450 e. The molecule has 0 bridgehead atoms. The number of Topliss-reactive ketones (excluding diaryl/α,β-unsaturated/α-hetero) is 1. The summed E-state index contributed by atoms with van der Waals surface area (Å²) < 4.78 is 4.43. The van der Waals surface area contributed by atoms with Gasteiger partial charge in [0.05, 0.1) is 0 Å². The van der Waals surface area contributed by atoms with Gasteiger partial charge in [-0.25, -0.2) is 4.79 Å². The molecular weight excluding hydrogens is 316 g/mol. The van der Waals surface area contributed by atoms with Crippen molar-refractivity contribution in [3.8, 4) is 0 Å². The molecule has 0 fully saturated rings. The molecule has 1 N–H and O–H groups in total. The van der Waals surface area contributed by atoms with Crippen LogP contribution in [0.5, 0.6) is 0 Å². The van der Waals surface area contributed by atoms with Gasteiger partial charge in [0.25, 0.3) is 0 Å². The summed E-state index contributed by atoms with van der Waals surface area (Å²) in [7, 11) is 0. The van der Waals surface area contributed by atoms with Crippen LogP contribution in [0.2, 0.25) is 0 Å². The van der Waals surface area contributed by atoms with Gasteiger partial charge in [-0.1, -0.05) is 74.5 Å². The summed E-state index contributed by atoms with van der Waals surface area (Å²) >= 11 is 0. The molecule has 0 spiro atoms. The van der Waals surface area contributed by atoms with Crippen molar-refractivity contribution >= 4 is 11.9 Å². The minimum atomic E-state index is -1.20. The van der Waals surface area contributed by atoms with Crippen LogP contribution in [0.1, 0.15) is 31.9 Å². The molecular formula is C21H26O4. The quantitative estimate of drug-likeness (QED) is 0.768. The number of benzene rings is 2. The molecule has 0 saturated carbocycles. The molecule has 2 rings (SSSR count). The van der Waals surface area contributed by atoms with Crippen molar-refractivity contribution in [2.24, 2.45) is 5.92 Å². The van der Waals surface area contributed by atoms with Gasteiger partial charge in [-0.05, 0) is 24.0 Å². The summed E-state index contributed by atoms with van der Waals surface area (Å²) in [5.41, 5.74) is 2.17. The molecule has 4 heteroatoms. The number of hydrogen-bond donors (Lipinski definition) is 1. The molecule has 0 saturated heterocycles. The predicted molar refractivity (Wildman–Crippen MR) is 98.7 cm³/mol. The van der Waals surface area contributed by atoms with E-state index in [9.17, 15) is 9.59 Å². The van der Waals surface area contributed by atoms with Gasteiger partial charge in [-0.15, -0.1) is 0 Å². The van der Waals surface area contributed by atoms with Gasteiger partial charge in [-0.2, -0.15) is 0 Å². The lowest BCUT2D eigenvalue weighted by molar-refractivity contribution is -0.117. The van der Waals surface area contributed by atoms with Gasteiger partial charge in [0.15, 0.2) is 0 Å². The van der Waals surface area contributed by atoms with Gasteiger partial charge < -0.3 is 9.84 Å². The van der Waals surface area contributed by atoms with Crippen molar-refractivity contribution in [1.82, 2.24) is 0 Å². The van der Waals surface area contributed by atoms with E-state index in [1.54, 1.807) is 6.92 Å². The fourth-order valence-corrected chi connectivity index (χ4v) is 2.00. The third-order valence-electron chi connectivity index (χ3n) is 3.71. The Kier molecular flexibility index (Phi) is 9.01. The second-order valence-corrected chi connectivity index (χ2v) is 6.20. The molecule has 2 aromatic rings. The standard InChI is InChI=1S/C15H14O.C6H12O3/c16-15(11-13-7-3-1-4-8-13)12-14-9-5-2-6-10-14;1-4(2)5(3)9-6(7)8/h1-10H,11-12H2;4-5H,1-3H3,(H,7,8). The van der Waals surface area contributed by atoms with Crippen molar-refractivity contribution in [1.29, 1.82) is 0 Å². The number of carbonyl (C=O) groups is 2. The van der Waals surface area contributed by atoms with Crippen molar-refractivity contribution in [3.63, 3.8) is 0 Å². The summed E-state index contributed by atoms with van der Waals surface area (Å²) in [5, 5.41) is 8.11. The zero-order chi connectivity index (χ0) is 18.7. The average molecular weight is 342 g/mol. The van der Waals surface area contributed by atoms with Crippen LogP contribution in [0.15, 0.2) is 60.7 Å². The molecule has 0 aliphatic rings. The zero-order valence-corrected chi connectivity index (χ0v) is 15.0. The fourth-order valence-electron chi connectivity index (χ4n) is 2.00. The van der Waals surface area contributed by atoms with E-state index < -0.39 is 6.16 Å². The summed E-state index contributed by atoms with van der Waals surface area (Å²) in [4.78, 5) is 21.7. The van der Waals surface area contributed by atoms with Gasteiger partial charge in [0.2, 0.25) is 0 Å². The number of hydrogen-bond acceptors (Lipinski definition) is 3. The molecule has 0 radical (unpaired) electrons. The second kappa shape index (κ2) is 11.0. The highest BCUT2D eigenvalue weighted by molar-refractivity contribution is 5.83. The lowest BCUT2D eigenvalue weighted by Gasteiger charge is -2.12. The SMILES string of the molecule is CC(C)C(C)OC(=O)O.O=C(Cc1ccccc1)Cc1ccccc1. The van der Waals surface area contributed by atoms with Crippen molar-refractivity contribution in [2.45, 2.75) is 39.7 Å². The topological polar surface area (TPSA) is 63.6 Å². The van der Waals surface area contributed by atoms with Crippen LogP contribution in [0.4, 0.5) is 4.79 Å². The third-order valence-corrected chi connectivity index (χ3v) is 3.71. The maximum absolute atomic E-state index is 11.8. The molecule has 25 heavy (non-hydrogen) atoms. The van der Waals surface area contributed by atoms with Crippen molar-refractivity contribution < 1.29 is 19.4 Å². The normalized spacial score (nSPS) is 11.2. The van der Waals surface area contributed by atoms with Crippen LogP contribution < -0.4 is 0 Å². The number of ether oxygens (including phenoxy) is 1. The molecule has 4 nitrogen and oxygen atoms in total. The Labute approximate surface area is 149 Å². The van der Waals surface area contributed by atoms with E-state index >= 15 is 0 Å². The van der Waals surface area contributed by atoms with E-state index in [2.05, 4.69) is 4.74 Å². The summed E-state index contributed by atoms with van der Waals surface area (Å²) in [6, 6.07) is 19.7. The second-order valence-electron chi connectivity index (χ2n) is 6.20. The van der Waals surface area contributed by atoms with Gasteiger partial charge in [0, 0.05) is 12.8 Å². The van der Waals surface area contributed by atoms with E-state index in [0.29, 0.717) is 12.8 Å². The summed E-state index contributed by atoms with van der Waals surface area (Å²) in [6.45, 7) is 5.56. The highest BCUT2D eigenvalue weighted by Crippen LogP contribution is 2.05. The lowest BCUT2D eigenvalue weighted by atomic mass is 10.0. The number of ketones is 1. The first-order valence-electron chi connectivity index (χ1n) is 8.37. The van der Waals surface area contributed by atoms with E-state index in [4.69, 9.17) is 5.11 Å². The first kappa shape index (κ1) is 20.4. The van der Waals surface area contributed by atoms with Crippen LogP contribution in [0.25, 0.3) is 0 Å². The predicted octanol–water partition coefficient (Wildman–Crippen LogP) is 4.77. The molecule has 0 heterocycles. The minimum absolute atomic E-state index is 0.206. The Balaban J connectivity index is 0.000000299. The Morgan fingerprint density at radius 2 is 1.24 bits per heavy atom. The van der Waals surface area contributed by atoms with Crippen molar-refractivity contribution in [3.05, 3.63) is 71.8 Å². The van der Waals surface area contributed by atoms with Crippen LogP contribution in [0.3, 0.4) is 0 Å². The van der Waals surface area contributed by atoms with Crippen LogP contribution in [-0.4, -0.2) is 23.1 Å². The van der Waals surface area contributed by atoms with Crippen LogP contribution >= 0.6 is 0 Å². The largest absolute Gasteiger partial charge is 0.506 e. The van der Waals surface area contributed by atoms with E-state index in [1.165, 1.54) is 0 Å². The maximum atomic E-state index is 11.8. The van der Waals surface area contributed by atoms with Gasteiger partial charge in [0.1, 0.15) is 11.9 Å². The molecule has 0 aliphatic carbocycles. The maximum Gasteiger partial charge on any atom is 0.506 e. The third kappa shape index (κ3) is 9.30. The lowest BCUT2D eigenvalue weighted by Crippen LogP contribution is -2.18. The van der Waals surface area contributed by atoms with Crippen LogP contribution in [0, 0.1) is 5.92 Å². The molecule has 0 aromatic heterocycles. The molecule has 2 aromatic carbocycles. The van der Waals surface area contributed by atoms with E-state index in [0.717, 1.165) is 11.1 Å². The Hall–Kier alpha value is -2.62. The zero-order valence-electron chi connectivity index (χ0n) is 15.0. The first-order valence-corrected chi connectivity index (χ1v) is 8.37. The Morgan fingerprint density at radius 3 is 1.52 bits per heavy atom.